The van der Waals surface area contributed by atoms with Gasteiger partial charge in [0.1, 0.15) is 0 Å². The second-order valence-corrected chi connectivity index (χ2v) is 1.95. The molecule has 0 aliphatic rings. The summed E-state index contributed by atoms with van der Waals surface area (Å²) in [5.41, 5.74) is 0. The summed E-state index contributed by atoms with van der Waals surface area (Å²) in [5, 5.41) is 0. The van der Waals surface area contributed by atoms with Crippen molar-refractivity contribution in [3.05, 3.63) is 6.42 Å². The van der Waals surface area contributed by atoms with Crippen LogP contribution in [0.1, 0.15) is 27.2 Å². The van der Waals surface area contributed by atoms with Crippen LogP contribution in [0.2, 0.25) is 0 Å². The average Bonchev–Trinajstić information content (AvgIpc) is 1.83. The van der Waals surface area contributed by atoms with Crippen molar-refractivity contribution in [2.24, 2.45) is 5.92 Å². The predicted octanol–water partition coefficient (Wildman–Crippen LogP) is 2.26. The molecule has 1 radical (unpaired) electrons. The minimum absolute atomic E-state index is 0.655. The predicted molar refractivity (Wildman–Crippen MR) is 37.2 cm³/mol. The molecule has 0 rings (SSSR count). The molecule has 0 saturated carbocycles. The van der Waals surface area contributed by atoms with E-state index in [-0.39, 0.29) is 0 Å². The van der Waals surface area contributed by atoms with E-state index in [1.165, 1.54) is 6.42 Å². The summed E-state index contributed by atoms with van der Waals surface area (Å²) >= 11 is 0. The van der Waals surface area contributed by atoms with Crippen LogP contribution in [-0.2, 0) is 0 Å². The molecule has 0 heteroatoms. The van der Waals surface area contributed by atoms with Crippen LogP contribution >= 0.6 is 0 Å². The summed E-state index contributed by atoms with van der Waals surface area (Å²) in [6.45, 7) is 6.20. The minimum Gasteiger partial charge on any atom is -0.106 e. The van der Waals surface area contributed by atoms with Crippen molar-refractivity contribution in [3.8, 4) is 11.8 Å². The lowest BCUT2D eigenvalue weighted by molar-refractivity contribution is 0.669. The molecule has 0 saturated heterocycles. The molecule has 45 valence electrons. The third kappa shape index (κ3) is 3.74. The number of rotatable bonds is 2. The standard InChI is InChI=1S/C8H13/c1-4-6-7-8(3)5-2/h7-8H,5H2,1-3H3. The van der Waals surface area contributed by atoms with Gasteiger partial charge in [0.05, 0.1) is 0 Å². The SMILES string of the molecule is CC#C[CH]C(C)CC. The molecular weight excluding hydrogens is 96.1 g/mol. The van der Waals surface area contributed by atoms with E-state index in [0.717, 1.165) is 0 Å². The van der Waals surface area contributed by atoms with E-state index in [1.54, 1.807) is 0 Å². The Morgan fingerprint density at radius 1 is 1.62 bits per heavy atom. The second kappa shape index (κ2) is 4.71. The van der Waals surface area contributed by atoms with Crippen LogP contribution in [0.5, 0.6) is 0 Å². The van der Waals surface area contributed by atoms with Gasteiger partial charge in [0.25, 0.3) is 0 Å². The second-order valence-electron chi connectivity index (χ2n) is 1.95. The first-order valence-corrected chi connectivity index (χ1v) is 3.06. The van der Waals surface area contributed by atoms with Crippen LogP contribution < -0.4 is 0 Å². The molecule has 0 amide bonds. The lowest BCUT2D eigenvalue weighted by Crippen LogP contribution is -1.88. The van der Waals surface area contributed by atoms with E-state index in [0.29, 0.717) is 5.92 Å². The molecule has 0 nitrogen and oxygen atoms in total. The Bertz CT molecular complexity index is 92.3. The molecule has 0 aliphatic carbocycles. The molecule has 0 spiro atoms. The fraction of sp³-hybridized carbons (Fsp3) is 0.625. The molecule has 0 bridgehead atoms. The quantitative estimate of drug-likeness (QED) is 0.477. The van der Waals surface area contributed by atoms with Crippen LogP contribution in [-0.4, -0.2) is 0 Å². The van der Waals surface area contributed by atoms with Crippen LogP contribution in [0.4, 0.5) is 0 Å². The lowest BCUT2D eigenvalue weighted by atomic mass is 10.1. The van der Waals surface area contributed by atoms with Gasteiger partial charge in [-0.2, -0.15) is 0 Å². The summed E-state index contributed by atoms with van der Waals surface area (Å²) in [7, 11) is 0. The van der Waals surface area contributed by atoms with Gasteiger partial charge in [-0.3, -0.25) is 0 Å². The third-order valence-electron chi connectivity index (χ3n) is 1.16. The van der Waals surface area contributed by atoms with E-state index in [2.05, 4.69) is 25.7 Å². The molecule has 0 N–H and O–H groups in total. The molecule has 1 atom stereocenters. The normalized spacial score (nSPS) is 11.9. The summed E-state index contributed by atoms with van der Waals surface area (Å²) in [6, 6.07) is 0. The molecule has 1 unspecified atom stereocenters. The fourth-order valence-corrected chi connectivity index (χ4v) is 0.343. The van der Waals surface area contributed by atoms with E-state index in [9.17, 15) is 0 Å². The highest BCUT2D eigenvalue weighted by Crippen LogP contribution is 2.02. The molecule has 0 fully saturated rings. The van der Waals surface area contributed by atoms with Crippen LogP contribution in [0.25, 0.3) is 0 Å². The summed E-state index contributed by atoms with van der Waals surface area (Å²) in [5.74, 6) is 6.41. The van der Waals surface area contributed by atoms with Gasteiger partial charge in [0, 0.05) is 6.42 Å². The van der Waals surface area contributed by atoms with Crippen molar-refractivity contribution in [2.75, 3.05) is 0 Å². The lowest BCUT2D eigenvalue weighted by Gasteiger charge is -1.98. The Morgan fingerprint density at radius 2 is 2.25 bits per heavy atom. The van der Waals surface area contributed by atoms with E-state index in [4.69, 9.17) is 0 Å². The first-order valence-electron chi connectivity index (χ1n) is 3.06. The molecular formula is C8H13. The van der Waals surface area contributed by atoms with Crippen molar-refractivity contribution in [2.45, 2.75) is 27.2 Å². The van der Waals surface area contributed by atoms with Crippen molar-refractivity contribution >= 4 is 0 Å². The van der Waals surface area contributed by atoms with Crippen LogP contribution in [0.15, 0.2) is 0 Å². The fourth-order valence-electron chi connectivity index (χ4n) is 0.343. The van der Waals surface area contributed by atoms with Crippen molar-refractivity contribution in [3.63, 3.8) is 0 Å². The van der Waals surface area contributed by atoms with Gasteiger partial charge >= 0.3 is 0 Å². The van der Waals surface area contributed by atoms with Gasteiger partial charge in [-0.1, -0.05) is 26.2 Å². The zero-order chi connectivity index (χ0) is 6.41. The zero-order valence-corrected chi connectivity index (χ0v) is 5.86. The van der Waals surface area contributed by atoms with Gasteiger partial charge in [0.15, 0.2) is 0 Å². The molecule has 0 aromatic rings. The zero-order valence-electron chi connectivity index (χ0n) is 5.86. The van der Waals surface area contributed by atoms with E-state index in [1.807, 2.05) is 13.3 Å². The Morgan fingerprint density at radius 3 is 2.62 bits per heavy atom. The van der Waals surface area contributed by atoms with E-state index < -0.39 is 0 Å². The summed E-state index contributed by atoms with van der Waals surface area (Å²) in [6.07, 6.45) is 3.23. The molecule has 0 aliphatic heterocycles. The van der Waals surface area contributed by atoms with Crippen molar-refractivity contribution in [1.82, 2.24) is 0 Å². The largest absolute Gasteiger partial charge is 0.106 e. The topological polar surface area (TPSA) is 0 Å². The first-order chi connectivity index (χ1) is 3.81. The Balaban J connectivity index is 3.19. The van der Waals surface area contributed by atoms with Gasteiger partial charge in [-0.25, -0.2) is 0 Å². The van der Waals surface area contributed by atoms with Gasteiger partial charge in [-0.05, 0) is 12.8 Å². The van der Waals surface area contributed by atoms with Gasteiger partial charge in [0.2, 0.25) is 0 Å². The Kier molecular flexibility index (Phi) is 4.45. The highest BCUT2D eigenvalue weighted by molar-refractivity contribution is 5.08. The number of hydrogen-bond acceptors (Lipinski definition) is 0. The summed E-state index contributed by atoms with van der Waals surface area (Å²) in [4.78, 5) is 0. The third-order valence-corrected chi connectivity index (χ3v) is 1.16. The number of hydrogen-bond donors (Lipinski definition) is 0. The maximum Gasteiger partial charge on any atom is 0.0368 e. The molecule has 0 aromatic carbocycles. The molecule has 0 heterocycles. The first kappa shape index (κ1) is 7.56. The van der Waals surface area contributed by atoms with Gasteiger partial charge in [-0.15, -0.1) is 5.92 Å². The average molecular weight is 109 g/mol. The maximum absolute atomic E-state index is 2.92. The van der Waals surface area contributed by atoms with Crippen LogP contribution in [0, 0.1) is 24.2 Å². The van der Waals surface area contributed by atoms with E-state index >= 15 is 0 Å². The smallest absolute Gasteiger partial charge is 0.0368 e. The molecule has 8 heavy (non-hydrogen) atoms. The van der Waals surface area contributed by atoms with Crippen molar-refractivity contribution in [1.29, 1.82) is 0 Å². The van der Waals surface area contributed by atoms with Crippen LogP contribution in [0.3, 0.4) is 0 Å². The molecule has 0 aromatic heterocycles. The monoisotopic (exact) mass is 109 g/mol. The summed E-state index contributed by atoms with van der Waals surface area (Å²) < 4.78 is 0. The van der Waals surface area contributed by atoms with Crippen molar-refractivity contribution < 1.29 is 0 Å². The Hall–Kier alpha value is -0.440. The van der Waals surface area contributed by atoms with Gasteiger partial charge < -0.3 is 0 Å². The highest BCUT2D eigenvalue weighted by Gasteiger charge is 1.92. The maximum atomic E-state index is 2.92. The Labute approximate surface area is 52.3 Å². The highest BCUT2D eigenvalue weighted by atomic mass is 14.0. The minimum atomic E-state index is 0.655.